The number of aliphatic hydroxyl groups is 1. The molecule has 0 fully saturated rings. The monoisotopic (exact) mass is 204 g/mol. The summed E-state index contributed by atoms with van der Waals surface area (Å²) in [4.78, 5) is 3.30. The average Bonchev–Trinajstić information content (AvgIpc) is 2.54. The predicted molar refractivity (Wildman–Crippen MR) is 61.7 cm³/mol. The Labute approximate surface area is 88.9 Å². The number of aromatic amines is 1. The van der Waals surface area contributed by atoms with E-state index in [2.05, 4.69) is 11.1 Å². The number of rotatable bonds is 3. The zero-order chi connectivity index (χ0) is 10.8. The molecule has 2 aromatic rings. The van der Waals surface area contributed by atoms with Crippen LogP contribution in [0.25, 0.3) is 10.9 Å². The van der Waals surface area contributed by atoms with E-state index in [4.69, 9.17) is 10.8 Å². The fourth-order valence-corrected chi connectivity index (χ4v) is 2.06. The quantitative estimate of drug-likeness (QED) is 0.714. The standard InChI is InChI=1S/C12H16N2O/c1-8-12(10(13)6-7-15)9-4-2-3-5-11(9)14-8/h2-5,10,14-15H,6-7,13H2,1H3/t10-/m0/s1. The third-order valence-electron chi connectivity index (χ3n) is 2.75. The zero-order valence-electron chi connectivity index (χ0n) is 8.83. The number of aryl methyl sites for hydroxylation is 1. The Morgan fingerprint density at radius 3 is 2.87 bits per heavy atom. The summed E-state index contributed by atoms with van der Waals surface area (Å²) in [5.41, 5.74) is 9.37. The predicted octanol–water partition coefficient (Wildman–Crippen LogP) is 1.86. The molecule has 2 rings (SSSR count). The molecule has 0 aliphatic carbocycles. The van der Waals surface area contributed by atoms with Crippen molar-refractivity contribution in [1.82, 2.24) is 4.98 Å². The summed E-state index contributed by atoms with van der Waals surface area (Å²) in [5, 5.41) is 10.1. The third kappa shape index (κ3) is 1.76. The first-order valence-electron chi connectivity index (χ1n) is 5.17. The molecular formula is C12H16N2O. The van der Waals surface area contributed by atoms with Gasteiger partial charge in [-0.2, -0.15) is 0 Å². The van der Waals surface area contributed by atoms with Crippen molar-refractivity contribution in [2.75, 3.05) is 6.61 Å². The number of hydrogen-bond donors (Lipinski definition) is 3. The van der Waals surface area contributed by atoms with E-state index in [1.54, 1.807) is 0 Å². The minimum absolute atomic E-state index is 0.0915. The lowest BCUT2D eigenvalue weighted by Gasteiger charge is -2.10. The van der Waals surface area contributed by atoms with E-state index in [0.29, 0.717) is 6.42 Å². The van der Waals surface area contributed by atoms with Crippen molar-refractivity contribution in [3.05, 3.63) is 35.5 Å². The smallest absolute Gasteiger partial charge is 0.0459 e. The van der Waals surface area contributed by atoms with E-state index in [1.807, 2.05) is 25.1 Å². The Balaban J connectivity index is 2.53. The highest BCUT2D eigenvalue weighted by molar-refractivity contribution is 5.85. The highest BCUT2D eigenvalue weighted by atomic mass is 16.3. The molecule has 3 heteroatoms. The molecule has 15 heavy (non-hydrogen) atoms. The average molecular weight is 204 g/mol. The highest BCUT2D eigenvalue weighted by Gasteiger charge is 2.14. The molecule has 4 N–H and O–H groups in total. The van der Waals surface area contributed by atoms with Gasteiger partial charge in [-0.25, -0.2) is 0 Å². The maximum absolute atomic E-state index is 8.91. The molecule has 0 spiro atoms. The van der Waals surface area contributed by atoms with Gasteiger partial charge in [-0.1, -0.05) is 18.2 Å². The molecule has 1 atom stereocenters. The number of hydrogen-bond acceptors (Lipinski definition) is 2. The van der Waals surface area contributed by atoms with Crippen molar-refractivity contribution in [1.29, 1.82) is 0 Å². The zero-order valence-corrected chi connectivity index (χ0v) is 8.83. The van der Waals surface area contributed by atoms with Gasteiger partial charge in [0, 0.05) is 29.2 Å². The number of nitrogens with one attached hydrogen (secondary N) is 1. The Kier molecular flexibility index (Phi) is 2.75. The van der Waals surface area contributed by atoms with Gasteiger partial charge >= 0.3 is 0 Å². The summed E-state index contributed by atoms with van der Waals surface area (Å²) >= 11 is 0. The third-order valence-corrected chi connectivity index (χ3v) is 2.75. The largest absolute Gasteiger partial charge is 0.396 e. The SMILES string of the molecule is Cc1[nH]c2ccccc2c1[C@@H](N)CCO. The molecule has 0 saturated heterocycles. The number of benzene rings is 1. The summed E-state index contributed by atoms with van der Waals surface area (Å²) < 4.78 is 0. The van der Waals surface area contributed by atoms with Crippen LogP contribution in [-0.4, -0.2) is 16.7 Å². The second kappa shape index (κ2) is 4.04. The lowest BCUT2D eigenvalue weighted by Crippen LogP contribution is -2.12. The first-order chi connectivity index (χ1) is 7.24. The van der Waals surface area contributed by atoms with Gasteiger partial charge in [0.1, 0.15) is 0 Å². The van der Waals surface area contributed by atoms with Crippen LogP contribution in [0.2, 0.25) is 0 Å². The summed E-state index contributed by atoms with van der Waals surface area (Å²) in [6.45, 7) is 2.15. The fraction of sp³-hybridized carbons (Fsp3) is 0.333. The van der Waals surface area contributed by atoms with Crippen LogP contribution in [0.4, 0.5) is 0 Å². The van der Waals surface area contributed by atoms with Crippen molar-refractivity contribution in [2.45, 2.75) is 19.4 Å². The molecule has 0 bridgehead atoms. The minimum atomic E-state index is -0.0915. The number of aromatic nitrogens is 1. The molecule has 1 aromatic heterocycles. The van der Waals surface area contributed by atoms with Crippen LogP contribution in [0.3, 0.4) is 0 Å². The van der Waals surface area contributed by atoms with Gasteiger partial charge in [-0.3, -0.25) is 0 Å². The Morgan fingerprint density at radius 2 is 2.13 bits per heavy atom. The van der Waals surface area contributed by atoms with Gasteiger partial charge in [0.2, 0.25) is 0 Å². The van der Waals surface area contributed by atoms with Crippen molar-refractivity contribution in [2.24, 2.45) is 5.73 Å². The maximum atomic E-state index is 8.91. The first-order valence-corrected chi connectivity index (χ1v) is 5.17. The first kappa shape index (κ1) is 10.2. The van der Waals surface area contributed by atoms with Gasteiger partial charge < -0.3 is 15.8 Å². The lowest BCUT2D eigenvalue weighted by molar-refractivity contribution is 0.276. The summed E-state index contributed by atoms with van der Waals surface area (Å²) in [6, 6.07) is 8.01. The second-order valence-electron chi connectivity index (χ2n) is 3.83. The molecule has 0 unspecified atom stereocenters. The fourth-order valence-electron chi connectivity index (χ4n) is 2.06. The number of nitrogens with two attached hydrogens (primary N) is 1. The van der Waals surface area contributed by atoms with E-state index < -0.39 is 0 Å². The Morgan fingerprint density at radius 1 is 1.40 bits per heavy atom. The van der Waals surface area contributed by atoms with Crippen LogP contribution in [0.5, 0.6) is 0 Å². The summed E-state index contributed by atoms with van der Waals surface area (Å²) in [7, 11) is 0. The molecule has 0 aliphatic heterocycles. The number of H-pyrrole nitrogens is 1. The van der Waals surface area contributed by atoms with E-state index in [9.17, 15) is 0 Å². The number of aliphatic hydroxyl groups excluding tert-OH is 1. The van der Waals surface area contributed by atoms with E-state index in [-0.39, 0.29) is 12.6 Å². The molecule has 3 nitrogen and oxygen atoms in total. The van der Waals surface area contributed by atoms with Crippen LogP contribution in [0.1, 0.15) is 23.7 Å². The van der Waals surface area contributed by atoms with Gasteiger partial charge in [0.15, 0.2) is 0 Å². The van der Waals surface area contributed by atoms with Crippen LogP contribution in [-0.2, 0) is 0 Å². The van der Waals surface area contributed by atoms with E-state index in [0.717, 1.165) is 22.2 Å². The number of fused-ring (bicyclic) bond motifs is 1. The summed E-state index contributed by atoms with van der Waals surface area (Å²) in [5.74, 6) is 0. The van der Waals surface area contributed by atoms with Crippen molar-refractivity contribution >= 4 is 10.9 Å². The van der Waals surface area contributed by atoms with Crippen molar-refractivity contribution in [3.63, 3.8) is 0 Å². The van der Waals surface area contributed by atoms with Crippen LogP contribution < -0.4 is 5.73 Å². The van der Waals surface area contributed by atoms with Crippen LogP contribution in [0.15, 0.2) is 24.3 Å². The normalized spacial score (nSPS) is 13.3. The number of para-hydroxylation sites is 1. The van der Waals surface area contributed by atoms with Crippen LogP contribution >= 0.6 is 0 Å². The molecule has 0 amide bonds. The molecule has 0 aliphatic rings. The van der Waals surface area contributed by atoms with Crippen LogP contribution in [0, 0.1) is 6.92 Å². The molecule has 0 saturated carbocycles. The highest BCUT2D eigenvalue weighted by Crippen LogP contribution is 2.27. The summed E-state index contributed by atoms with van der Waals surface area (Å²) in [6.07, 6.45) is 0.600. The maximum Gasteiger partial charge on any atom is 0.0459 e. The van der Waals surface area contributed by atoms with Crippen molar-refractivity contribution in [3.8, 4) is 0 Å². The lowest BCUT2D eigenvalue weighted by atomic mass is 10.0. The molecular weight excluding hydrogens is 188 g/mol. The molecule has 0 radical (unpaired) electrons. The van der Waals surface area contributed by atoms with Gasteiger partial charge in [-0.05, 0) is 25.0 Å². The Hall–Kier alpha value is -1.32. The van der Waals surface area contributed by atoms with E-state index >= 15 is 0 Å². The van der Waals surface area contributed by atoms with Gasteiger partial charge in [0.05, 0.1) is 0 Å². The molecule has 1 heterocycles. The van der Waals surface area contributed by atoms with Crippen molar-refractivity contribution < 1.29 is 5.11 Å². The van der Waals surface area contributed by atoms with Gasteiger partial charge in [-0.15, -0.1) is 0 Å². The molecule has 80 valence electrons. The van der Waals surface area contributed by atoms with E-state index in [1.165, 1.54) is 0 Å². The topological polar surface area (TPSA) is 62.0 Å². The minimum Gasteiger partial charge on any atom is -0.396 e. The molecule has 1 aromatic carbocycles. The second-order valence-corrected chi connectivity index (χ2v) is 3.83. The van der Waals surface area contributed by atoms with Gasteiger partial charge in [0.25, 0.3) is 0 Å². The Bertz CT molecular complexity index is 462.